The van der Waals surface area contributed by atoms with Crippen molar-refractivity contribution >= 4 is 0 Å². The van der Waals surface area contributed by atoms with E-state index in [2.05, 4.69) is 11.1 Å². The summed E-state index contributed by atoms with van der Waals surface area (Å²) in [7, 11) is 1.67. The lowest BCUT2D eigenvalue weighted by Gasteiger charge is -2.08. The van der Waals surface area contributed by atoms with Gasteiger partial charge >= 0.3 is 0 Å². The Morgan fingerprint density at radius 1 is 0.947 bits per heavy atom. The van der Waals surface area contributed by atoms with Gasteiger partial charge in [0.2, 0.25) is 0 Å². The maximum Gasteiger partial charge on any atom is 0.181 e. The van der Waals surface area contributed by atoms with Crippen LogP contribution < -0.4 is 4.74 Å². The first-order valence-corrected chi connectivity index (χ1v) is 6.00. The average molecular weight is 251 g/mol. The van der Waals surface area contributed by atoms with Crippen molar-refractivity contribution in [1.29, 1.82) is 0 Å². The fourth-order valence-corrected chi connectivity index (χ4v) is 2.07. The van der Waals surface area contributed by atoms with Crippen molar-refractivity contribution in [2.24, 2.45) is 0 Å². The number of benzene rings is 2. The van der Waals surface area contributed by atoms with E-state index < -0.39 is 0 Å². The normalized spacial score (nSPS) is 10.4. The van der Waals surface area contributed by atoms with E-state index in [0.717, 1.165) is 28.1 Å². The summed E-state index contributed by atoms with van der Waals surface area (Å²) in [5.74, 6) is 0.850. The zero-order valence-corrected chi connectivity index (χ0v) is 10.5. The molecule has 0 unspecified atom stereocenters. The van der Waals surface area contributed by atoms with Crippen LogP contribution in [0.15, 0.2) is 65.6 Å². The molecule has 0 N–H and O–H groups in total. The third-order valence-corrected chi connectivity index (χ3v) is 3.04. The molecule has 2 aromatic carbocycles. The van der Waals surface area contributed by atoms with Gasteiger partial charge in [-0.15, -0.1) is 0 Å². The monoisotopic (exact) mass is 251 g/mol. The van der Waals surface area contributed by atoms with Gasteiger partial charge in [0.15, 0.2) is 6.39 Å². The van der Waals surface area contributed by atoms with Crippen molar-refractivity contribution in [3.8, 4) is 28.1 Å². The summed E-state index contributed by atoms with van der Waals surface area (Å²) in [6, 6.07) is 16.1. The fraction of sp³-hybridized carbons (Fsp3) is 0.0625. The first-order valence-electron chi connectivity index (χ1n) is 6.00. The Hall–Kier alpha value is -2.55. The van der Waals surface area contributed by atoms with E-state index in [1.807, 2.05) is 42.5 Å². The Labute approximate surface area is 111 Å². The zero-order chi connectivity index (χ0) is 13.1. The van der Waals surface area contributed by atoms with Gasteiger partial charge in [-0.1, -0.05) is 36.4 Å². The van der Waals surface area contributed by atoms with E-state index in [4.69, 9.17) is 9.15 Å². The lowest BCUT2D eigenvalue weighted by molar-refractivity contribution is 0.415. The summed E-state index contributed by atoms with van der Waals surface area (Å²) >= 11 is 0. The second kappa shape index (κ2) is 4.98. The van der Waals surface area contributed by atoms with E-state index in [-0.39, 0.29) is 0 Å². The molecule has 1 heterocycles. The Balaban J connectivity index is 2.09. The van der Waals surface area contributed by atoms with Gasteiger partial charge in [-0.25, -0.2) is 4.98 Å². The molecule has 0 atom stereocenters. The predicted octanol–water partition coefficient (Wildman–Crippen LogP) is 4.02. The fourth-order valence-electron chi connectivity index (χ4n) is 2.07. The summed E-state index contributed by atoms with van der Waals surface area (Å²) in [5.41, 5.74) is 4.14. The number of hydrogen-bond acceptors (Lipinski definition) is 3. The predicted molar refractivity (Wildman–Crippen MR) is 73.9 cm³/mol. The molecule has 0 fully saturated rings. The number of rotatable bonds is 3. The minimum absolute atomic E-state index is 0.839. The molecule has 19 heavy (non-hydrogen) atoms. The summed E-state index contributed by atoms with van der Waals surface area (Å²) in [4.78, 5) is 4.22. The van der Waals surface area contributed by atoms with E-state index in [1.54, 1.807) is 13.4 Å². The Morgan fingerprint density at radius 2 is 1.68 bits per heavy atom. The van der Waals surface area contributed by atoms with Crippen molar-refractivity contribution < 1.29 is 9.15 Å². The number of aromatic nitrogens is 1. The molecule has 94 valence electrons. The van der Waals surface area contributed by atoms with Gasteiger partial charge in [0.25, 0.3) is 0 Å². The van der Waals surface area contributed by atoms with Crippen molar-refractivity contribution in [1.82, 2.24) is 4.98 Å². The van der Waals surface area contributed by atoms with Crippen LogP contribution in [-0.4, -0.2) is 12.1 Å². The van der Waals surface area contributed by atoms with Crippen molar-refractivity contribution in [3.63, 3.8) is 0 Å². The Bertz CT molecular complexity index is 657. The molecule has 0 spiro atoms. The molecule has 0 radical (unpaired) electrons. The van der Waals surface area contributed by atoms with Crippen LogP contribution in [0.2, 0.25) is 0 Å². The highest BCUT2D eigenvalue weighted by atomic mass is 16.5. The van der Waals surface area contributed by atoms with Crippen molar-refractivity contribution in [2.45, 2.75) is 0 Å². The molecule has 0 aliphatic carbocycles. The topological polar surface area (TPSA) is 35.3 Å². The molecule has 0 bridgehead atoms. The third kappa shape index (κ3) is 2.22. The van der Waals surface area contributed by atoms with Crippen molar-refractivity contribution in [3.05, 3.63) is 61.2 Å². The molecule has 0 aliphatic rings. The Morgan fingerprint density at radius 3 is 2.32 bits per heavy atom. The van der Waals surface area contributed by atoms with E-state index >= 15 is 0 Å². The molecular formula is C16H13NO2. The molecule has 0 amide bonds. The van der Waals surface area contributed by atoms with Gasteiger partial charge in [-0.05, 0) is 23.3 Å². The highest BCUT2D eigenvalue weighted by molar-refractivity contribution is 5.81. The summed E-state index contributed by atoms with van der Waals surface area (Å²) in [5, 5.41) is 0. The molecule has 3 aromatic rings. The van der Waals surface area contributed by atoms with E-state index in [0.29, 0.717) is 0 Å². The van der Waals surface area contributed by atoms with Gasteiger partial charge in [0.1, 0.15) is 17.7 Å². The first-order chi connectivity index (χ1) is 9.38. The van der Waals surface area contributed by atoms with Crippen LogP contribution in [-0.2, 0) is 0 Å². The van der Waals surface area contributed by atoms with Crippen LogP contribution in [0, 0.1) is 0 Å². The first kappa shape index (κ1) is 11.5. The Kier molecular flexibility index (Phi) is 3.02. The lowest BCUT2D eigenvalue weighted by Crippen LogP contribution is -1.86. The SMILES string of the molecule is COc1ccc(-c2ccccc2-c2cocn2)cc1. The quantitative estimate of drug-likeness (QED) is 0.705. The van der Waals surface area contributed by atoms with E-state index in [9.17, 15) is 0 Å². The summed E-state index contributed by atoms with van der Waals surface area (Å²) in [6.45, 7) is 0. The molecule has 0 saturated heterocycles. The minimum atomic E-state index is 0.839. The van der Waals surface area contributed by atoms with Gasteiger partial charge in [-0.3, -0.25) is 0 Å². The lowest BCUT2D eigenvalue weighted by atomic mass is 9.98. The van der Waals surface area contributed by atoms with Gasteiger partial charge in [-0.2, -0.15) is 0 Å². The van der Waals surface area contributed by atoms with E-state index in [1.165, 1.54) is 6.39 Å². The molecule has 3 nitrogen and oxygen atoms in total. The number of hydrogen-bond donors (Lipinski definition) is 0. The number of methoxy groups -OCH3 is 1. The van der Waals surface area contributed by atoms with Crippen LogP contribution in [0.3, 0.4) is 0 Å². The number of ether oxygens (including phenoxy) is 1. The second-order valence-electron chi connectivity index (χ2n) is 4.15. The van der Waals surface area contributed by atoms with Crippen molar-refractivity contribution in [2.75, 3.05) is 7.11 Å². The maximum absolute atomic E-state index is 5.18. The largest absolute Gasteiger partial charge is 0.497 e. The molecule has 0 saturated carbocycles. The van der Waals surface area contributed by atoms with Gasteiger partial charge in [0, 0.05) is 5.56 Å². The van der Waals surface area contributed by atoms with Crippen LogP contribution in [0.1, 0.15) is 0 Å². The second-order valence-corrected chi connectivity index (χ2v) is 4.15. The van der Waals surface area contributed by atoms with Crippen LogP contribution in [0.5, 0.6) is 5.75 Å². The highest BCUT2D eigenvalue weighted by Gasteiger charge is 2.08. The highest BCUT2D eigenvalue weighted by Crippen LogP contribution is 2.31. The summed E-state index contributed by atoms with van der Waals surface area (Å²) < 4.78 is 10.2. The number of nitrogens with zero attached hydrogens (tertiary/aromatic N) is 1. The number of oxazole rings is 1. The van der Waals surface area contributed by atoms with Gasteiger partial charge in [0.05, 0.1) is 7.11 Å². The van der Waals surface area contributed by atoms with Crippen LogP contribution in [0.4, 0.5) is 0 Å². The smallest absolute Gasteiger partial charge is 0.181 e. The average Bonchev–Trinajstić information content (AvgIpc) is 3.01. The molecule has 3 heteroatoms. The molecular weight excluding hydrogens is 238 g/mol. The molecule has 1 aromatic heterocycles. The van der Waals surface area contributed by atoms with Crippen LogP contribution in [0.25, 0.3) is 22.4 Å². The van der Waals surface area contributed by atoms with Crippen LogP contribution >= 0.6 is 0 Å². The zero-order valence-electron chi connectivity index (χ0n) is 10.5. The molecule has 0 aliphatic heterocycles. The summed E-state index contributed by atoms with van der Waals surface area (Å²) in [6.07, 6.45) is 3.10. The minimum Gasteiger partial charge on any atom is -0.497 e. The standard InChI is InChI=1S/C16H13NO2/c1-18-13-8-6-12(7-9-13)14-4-2-3-5-15(14)16-10-19-11-17-16/h2-11H,1H3. The third-order valence-electron chi connectivity index (χ3n) is 3.04. The molecule has 3 rings (SSSR count). The maximum atomic E-state index is 5.18. The van der Waals surface area contributed by atoms with Gasteiger partial charge < -0.3 is 9.15 Å².